The van der Waals surface area contributed by atoms with Gasteiger partial charge in [-0.25, -0.2) is 0 Å². The summed E-state index contributed by atoms with van der Waals surface area (Å²) in [6, 6.07) is 20.9. The summed E-state index contributed by atoms with van der Waals surface area (Å²) in [5, 5.41) is 22.6. The third-order valence-corrected chi connectivity index (χ3v) is 19.2. The Labute approximate surface area is 588 Å². The van der Waals surface area contributed by atoms with Gasteiger partial charge in [-0.1, -0.05) is 396 Å². The van der Waals surface area contributed by atoms with E-state index in [9.17, 15) is 10.2 Å². The molecule has 0 aliphatic heterocycles. The summed E-state index contributed by atoms with van der Waals surface area (Å²) in [6.45, 7) is 10.9. The number of hydrogen-bond donors (Lipinski definition) is 0. The number of aliphatic imine (C=N–C) groups is 2. The molecule has 0 saturated carbocycles. The van der Waals surface area contributed by atoms with Gasteiger partial charge in [0.25, 0.3) is 0 Å². The fourth-order valence-corrected chi connectivity index (χ4v) is 13.0. The van der Waals surface area contributed by atoms with Crippen LogP contribution < -0.4 is 10.2 Å². The molecular weight excluding hydrogens is 1180 g/mol. The Morgan fingerprint density at radius 3 is 0.989 bits per heavy atom. The van der Waals surface area contributed by atoms with Crippen molar-refractivity contribution in [1.29, 1.82) is 0 Å². The van der Waals surface area contributed by atoms with Crippen LogP contribution in [-0.4, -0.2) is 11.9 Å². The molecule has 0 N–H and O–H groups in total. The molecule has 0 heterocycles. The van der Waals surface area contributed by atoms with Crippen LogP contribution in [-0.2, 0) is 42.2 Å². The Balaban J connectivity index is 0.00000253. The van der Waals surface area contributed by atoms with Gasteiger partial charge in [0.2, 0.25) is 0 Å². The van der Waals surface area contributed by atoms with E-state index in [0.29, 0.717) is 12.0 Å². The maximum absolute atomic E-state index is 11.3. The van der Waals surface area contributed by atoms with Gasteiger partial charge in [-0.3, -0.25) is 9.98 Å². The summed E-state index contributed by atoms with van der Waals surface area (Å²) < 4.78 is 0. The summed E-state index contributed by atoms with van der Waals surface area (Å²) in [4.78, 5) is 10.4. The maximum atomic E-state index is 11.3. The second kappa shape index (κ2) is 68.5. The molecule has 4 nitrogen and oxygen atoms in total. The number of unbranched alkanes of at least 4 members (excludes halogenated alkanes) is 48. The maximum Gasteiger partial charge on any atom is 2.00 e. The van der Waals surface area contributed by atoms with E-state index in [4.69, 9.17) is 9.98 Å². The third kappa shape index (κ3) is 53.3. The summed E-state index contributed by atoms with van der Waals surface area (Å²) >= 11 is 0. The van der Waals surface area contributed by atoms with Gasteiger partial charge in [-0.2, -0.15) is 0 Å². The molecule has 0 radical (unpaired) electrons. The zero-order valence-electron chi connectivity index (χ0n) is 61.9. The van der Waals surface area contributed by atoms with Crippen LogP contribution in [0.1, 0.15) is 410 Å². The van der Waals surface area contributed by atoms with Crippen molar-refractivity contribution in [3.63, 3.8) is 0 Å². The first-order valence-corrected chi connectivity index (χ1v) is 40.5. The van der Waals surface area contributed by atoms with Crippen LogP contribution in [0.15, 0.2) is 95.0 Å². The first kappa shape index (κ1) is 87.6. The molecule has 0 fully saturated rings. The smallest absolute Gasteiger partial charge is 0.873 e. The molecule has 0 spiro atoms. The van der Waals surface area contributed by atoms with Crippen molar-refractivity contribution < 1.29 is 26.7 Å². The minimum atomic E-state index is -0.351. The van der Waals surface area contributed by atoms with Crippen LogP contribution in [0, 0.1) is 0 Å². The Kier molecular flexibility index (Phi) is 64.5. The van der Waals surface area contributed by atoms with Crippen molar-refractivity contribution in [2.45, 2.75) is 413 Å². The van der Waals surface area contributed by atoms with Crippen LogP contribution >= 0.6 is 0 Å². The zero-order chi connectivity index (χ0) is 65.9. The molecule has 0 atom stereocenters. The number of aryl methyl sites for hydroxylation is 4. The first-order chi connectivity index (χ1) is 45.5. The predicted molar refractivity (Wildman–Crippen MR) is 409 cm³/mol. The van der Waals surface area contributed by atoms with Crippen LogP contribution in [0.3, 0.4) is 0 Å². The number of rotatable bonds is 64. The Morgan fingerprint density at radius 1 is 0.323 bits per heavy atom. The minimum absolute atomic E-state index is 0. The van der Waals surface area contributed by atoms with Crippen LogP contribution in [0.2, 0.25) is 0 Å². The van der Waals surface area contributed by atoms with Crippen LogP contribution in [0.5, 0.6) is 11.5 Å². The molecule has 532 valence electrons. The SMILES string of the molecule is CCCCCCCCCCCCCCCCCCCCCCCC/C=C/CCCc1ccccc1N=CC(CCCC)=Nc1ccccc1CCC/C=C/CCCCCCCCCCCCCCCCCCCCCCCC.CCCCc1cc([O-])c([O-])c(CC)c1.[Ni+2]. The van der Waals surface area contributed by atoms with Crippen molar-refractivity contribution in [1.82, 2.24) is 0 Å². The molecule has 0 bridgehead atoms. The number of benzene rings is 3. The van der Waals surface area contributed by atoms with Gasteiger partial charge in [0.15, 0.2) is 0 Å². The molecule has 0 aliphatic rings. The Hall–Kier alpha value is -3.43. The molecule has 3 aromatic carbocycles. The molecule has 0 aromatic heterocycles. The van der Waals surface area contributed by atoms with E-state index >= 15 is 0 Å². The summed E-state index contributed by atoms with van der Waals surface area (Å²) in [6.07, 6.45) is 91.7. The van der Waals surface area contributed by atoms with Crippen LogP contribution in [0.4, 0.5) is 11.4 Å². The van der Waals surface area contributed by atoms with Gasteiger partial charge in [0, 0.05) is 6.21 Å². The molecule has 3 aromatic rings. The monoisotopic (exact) mass is 1320 g/mol. The standard InChI is InChI=1S/C76H132N2.C12H18O2.Ni/c1-4-7-10-12-14-16-18-20-22-24-26-28-30-32-34-36-38-40-42-44-46-48-50-52-54-56-58-64-72-66-60-62-69-75(72)77-71-74(68-9-6-3)78-76-70-63-61-67-73(76)65-59-57-55-53-51-49-47-45-43-41-39-37-35-33-31-29-27-25-23-21-19-17-15-13-11-8-5-2;1-3-5-6-9-7-10(4-2)12(14)11(13)8-9;/h52-55,60-63,66-67,69-71H,4-51,56-59,64-65,68H2,1-3H3;7-8,13-14H,3-6H2,1-2H3;/q;;+2/p-2/b54-52+,55-53+,77-71?,78-74?;;. The van der Waals surface area contributed by atoms with Crippen molar-refractivity contribution in [2.24, 2.45) is 9.98 Å². The fraction of sp³-hybridized carbons (Fsp3) is 0.727. The first-order valence-electron chi connectivity index (χ1n) is 40.5. The van der Waals surface area contributed by atoms with E-state index in [-0.39, 0.29) is 28.0 Å². The number of para-hydroxylation sites is 2. The Bertz CT molecular complexity index is 2190. The topological polar surface area (TPSA) is 70.8 Å². The van der Waals surface area contributed by atoms with Gasteiger partial charge in [0.05, 0.1) is 17.1 Å². The number of allylic oxidation sites excluding steroid dienone is 4. The van der Waals surface area contributed by atoms with Crippen molar-refractivity contribution >= 4 is 23.3 Å². The average Bonchev–Trinajstić information content (AvgIpc) is 2.57. The molecule has 5 heteroatoms. The average molecular weight is 1320 g/mol. The molecule has 0 aliphatic carbocycles. The molecule has 0 amide bonds. The number of hydrogen-bond acceptors (Lipinski definition) is 4. The fourth-order valence-electron chi connectivity index (χ4n) is 13.0. The van der Waals surface area contributed by atoms with E-state index < -0.39 is 0 Å². The van der Waals surface area contributed by atoms with Crippen molar-refractivity contribution in [3.8, 4) is 11.5 Å². The van der Waals surface area contributed by atoms with Gasteiger partial charge in [-0.05, 0) is 125 Å². The molecular formula is C88H148N2NiO2. The molecule has 0 unspecified atom stereocenters. The quantitative estimate of drug-likeness (QED) is 0.0245. The number of nitrogens with zero attached hydrogens (tertiary/aromatic N) is 2. The summed E-state index contributed by atoms with van der Waals surface area (Å²) in [5.41, 5.74) is 7.68. The van der Waals surface area contributed by atoms with Gasteiger partial charge >= 0.3 is 16.5 Å². The van der Waals surface area contributed by atoms with Gasteiger partial charge in [0.1, 0.15) is 0 Å². The normalized spacial score (nSPS) is 11.8. The molecule has 0 saturated heterocycles. The van der Waals surface area contributed by atoms with E-state index in [1.807, 2.05) is 13.0 Å². The van der Waals surface area contributed by atoms with Crippen LogP contribution in [0.25, 0.3) is 0 Å². The minimum Gasteiger partial charge on any atom is -0.873 e. The molecule has 93 heavy (non-hydrogen) atoms. The van der Waals surface area contributed by atoms with Gasteiger partial charge < -0.3 is 10.2 Å². The van der Waals surface area contributed by atoms with Gasteiger partial charge in [-0.15, -0.1) is 11.5 Å². The van der Waals surface area contributed by atoms with E-state index in [1.54, 1.807) is 0 Å². The van der Waals surface area contributed by atoms with E-state index in [1.165, 1.54) is 325 Å². The van der Waals surface area contributed by atoms with E-state index in [0.717, 1.165) is 86.9 Å². The second-order valence-electron chi connectivity index (χ2n) is 27.9. The van der Waals surface area contributed by atoms with E-state index in [2.05, 4.69) is 107 Å². The predicted octanol–water partition coefficient (Wildman–Crippen LogP) is 28.8. The summed E-state index contributed by atoms with van der Waals surface area (Å²) in [5.74, 6) is -0.678. The molecule has 3 rings (SSSR count). The largest absolute Gasteiger partial charge is 2.00 e. The summed E-state index contributed by atoms with van der Waals surface area (Å²) in [7, 11) is 0. The van der Waals surface area contributed by atoms with Crippen molar-refractivity contribution in [2.75, 3.05) is 0 Å². The third-order valence-electron chi connectivity index (χ3n) is 19.2. The Morgan fingerprint density at radius 2 is 0.634 bits per heavy atom. The van der Waals surface area contributed by atoms with Crippen molar-refractivity contribution in [3.05, 3.63) is 107 Å². The second-order valence-corrected chi connectivity index (χ2v) is 27.9. The zero-order valence-corrected chi connectivity index (χ0v) is 62.9.